The van der Waals surface area contributed by atoms with Crippen LogP contribution in [0.15, 0.2) is 21.5 Å². The lowest BCUT2D eigenvalue weighted by Gasteiger charge is -2.26. The van der Waals surface area contributed by atoms with Gasteiger partial charge < -0.3 is 20.4 Å². The van der Waals surface area contributed by atoms with Crippen LogP contribution in [0.5, 0.6) is 0 Å². The van der Waals surface area contributed by atoms with Crippen molar-refractivity contribution in [1.29, 1.82) is 0 Å². The molecule has 2 rings (SSSR count). The molecule has 6 nitrogen and oxygen atoms in total. The molecule has 0 aromatic carbocycles. The van der Waals surface area contributed by atoms with Crippen molar-refractivity contribution in [3.8, 4) is 0 Å². The second kappa shape index (κ2) is 6.51. The highest BCUT2D eigenvalue weighted by Gasteiger charge is 2.26. The van der Waals surface area contributed by atoms with Crippen molar-refractivity contribution in [2.24, 2.45) is 18.7 Å². The summed E-state index contributed by atoms with van der Waals surface area (Å²) in [5, 5.41) is 2.75. The number of nitrogens with one attached hydrogen (secondary N) is 1. The van der Waals surface area contributed by atoms with E-state index in [9.17, 15) is 9.59 Å². The summed E-state index contributed by atoms with van der Waals surface area (Å²) in [6.45, 7) is 1.30. The molecule has 1 atom stereocenters. The first kappa shape index (κ1) is 15.2. The van der Waals surface area contributed by atoms with Gasteiger partial charge in [-0.1, -0.05) is 0 Å². The zero-order valence-corrected chi connectivity index (χ0v) is 12.9. The minimum absolute atomic E-state index is 0.139. The summed E-state index contributed by atoms with van der Waals surface area (Å²) in [5.41, 5.74) is 6.39. The predicted octanol–water partition coefficient (Wildman–Crippen LogP) is 0.840. The summed E-state index contributed by atoms with van der Waals surface area (Å²) in [4.78, 5) is 23.7. The molecule has 1 amide bonds. The van der Waals surface area contributed by atoms with E-state index in [2.05, 4.69) is 21.2 Å². The normalized spacial score (nSPS) is 17.8. The van der Waals surface area contributed by atoms with Crippen molar-refractivity contribution in [3.63, 3.8) is 0 Å². The zero-order chi connectivity index (χ0) is 14.7. The second-order valence-electron chi connectivity index (χ2n) is 4.96. The fourth-order valence-electron chi connectivity index (χ4n) is 2.25. The summed E-state index contributed by atoms with van der Waals surface area (Å²) in [6.07, 6.45) is 3.17. The molecule has 2 heterocycles. The molecule has 1 unspecified atom stereocenters. The van der Waals surface area contributed by atoms with Gasteiger partial charge in [0.15, 0.2) is 0 Å². The van der Waals surface area contributed by atoms with Crippen LogP contribution in [-0.2, 0) is 16.6 Å². The molecule has 0 aliphatic carbocycles. The monoisotopic (exact) mass is 343 g/mol. The molecule has 1 fully saturated rings. The van der Waals surface area contributed by atoms with Gasteiger partial charge in [0.1, 0.15) is 0 Å². The van der Waals surface area contributed by atoms with E-state index in [0.717, 1.165) is 12.8 Å². The highest BCUT2D eigenvalue weighted by atomic mass is 79.9. The fourth-order valence-corrected chi connectivity index (χ4v) is 2.78. The van der Waals surface area contributed by atoms with Crippen LogP contribution < -0.4 is 16.6 Å². The van der Waals surface area contributed by atoms with Gasteiger partial charge >= 0.3 is 0 Å². The number of pyridine rings is 1. The number of halogens is 1. The highest BCUT2D eigenvalue weighted by Crippen LogP contribution is 2.19. The van der Waals surface area contributed by atoms with Gasteiger partial charge in [-0.25, -0.2) is 0 Å². The number of hydrogen-bond acceptors (Lipinski definition) is 4. The lowest BCUT2D eigenvalue weighted by Crippen LogP contribution is -2.44. The number of carbonyl (C=O) groups excluding carboxylic acids is 1. The molecular weight excluding hydrogens is 326 g/mol. The standard InChI is InChI=1S/C13H18BrN3O3/c1-17-7-9(6-10(14)13(17)19)16-12(18)11(15)8-2-4-20-5-3-8/h6-8,11H,2-5,15H2,1H3,(H,16,18). The summed E-state index contributed by atoms with van der Waals surface area (Å²) >= 11 is 3.17. The van der Waals surface area contributed by atoms with Crippen molar-refractivity contribution >= 4 is 27.5 Å². The predicted molar refractivity (Wildman–Crippen MR) is 79.5 cm³/mol. The van der Waals surface area contributed by atoms with Crippen LogP contribution in [0.2, 0.25) is 0 Å². The van der Waals surface area contributed by atoms with E-state index < -0.39 is 6.04 Å². The first-order valence-corrected chi connectivity index (χ1v) is 7.28. The van der Waals surface area contributed by atoms with E-state index >= 15 is 0 Å². The Balaban J connectivity index is 2.05. The van der Waals surface area contributed by atoms with Crippen molar-refractivity contribution in [1.82, 2.24) is 4.57 Å². The van der Waals surface area contributed by atoms with Crippen LogP contribution >= 0.6 is 15.9 Å². The third-order valence-corrected chi connectivity index (χ3v) is 4.05. The topological polar surface area (TPSA) is 86.3 Å². The quantitative estimate of drug-likeness (QED) is 0.851. The van der Waals surface area contributed by atoms with Gasteiger partial charge in [0.05, 0.1) is 16.2 Å². The Morgan fingerprint density at radius 3 is 2.80 bits per heavy atom. The van der Waals surface area contributed by atoms with Crippen molar-refractivity contribution < 1.29 is 9.53 Å². The summed E-state index contributed by atoms with van der Waals surface area (Å²) in [7, 11) is 1.63. The molecule has 0 spiro atoms. The van der Waals surface area contributed by atoms with Crippen LogP contribution in [0.4, 0.5) is 5.69 Å². The number of ether oxygens (including phenoxy) is 1. The maximum absolute atomic E-state index is 12.1. The van der Waals surface area contributed by atoms with E-state index in [1.165, 1.54) is 4.57 Å². The molecule has 1 aliphatic heterocycles. The molecular formula is C13H18BrN3O3. The number of nitrogens with two attached hydrogens (primary N) is 1. The van der Waals surface area contributed by atoms with E-state index in [-0.39, 0.29) is 17.4 Å². The minimum atomic E-state index is -0.560. The third-order valence-electron chi connectivity index (χ3n) is 3.48. The number of hydrogen-bond donors (Lipinski definition) is 2. The summed E-state index contributed by atoms with van der Waals surface area (Å²) in [6, 6.07) is 1.02. The van der Waals surface area contributed by atoms with E-state index in [4.69, 9.17) is 10.5 Å². The van der Waals surface area contributed by atoms with Gasteiger partial charge in [-0.3, -0.25) is 9.59 Å². The van der Waals surface area contributed by atoms with Crippen molar-refractivity contribution in [2.45, 2.75) is 18.9 Å². The van der Waals surface area contributed by atoms with Crippen LogP contribution in [-0.4, -0.2) is 29.7 Å². The van der Waals surface area contributed by atoms with Crippen LogP contribution in [0.1, 0.15) is 12.8 Å². The number of aromatic nitrogens is 1. The first-order valence-electron chi connectivity index (χ1n) is 6.49. The molecule has 20 heavy (non-hydrogen) atoms. The number of aryl methyl sites for hydroxylation is 1. The molecule has 110 valence electrons. The Morgan fingerprint density at radius 1 is 1.55 bits per heavy atom. The minimum Gasteiger partial charge on any atom is -0.381 e. The second-order valence-corrected chi connectivity index (χ2v) is 5.81. The average molecular weight is 344 g/mol. The number of anilines is 1. The molecule has 7 heteroatoms. The molecule has 1 aromatic heterocycles. The van der Waals surface area contributed by atoms with Crippen LogP contribution in [0.25, 0.3) is 0 Å². The van der Waals surface area contributed by atoms with Crippen LogP contribution in [0.3, 0.4) is 0 Å². The number of nitrogens with zero attached hydrogens (tertiary/aromatic N) is 1. The van der Waals surface area contributed by atoms with Gasteiger partial charge in [0, 0.05) is 26.5 Å². The summed E-state index contributed by atoms with van der Waals surface area (Å²) < 4.78 is 7.06. The van der Waals surface area contributed by atoms with Gasteiger partial charge in [0.2, 0.25) is 5.91 Å². The lowest BCUT2D eigenvalue weighted by molar-refractivity contribution is -0.119. The maximum atomic E-state index is 12.1. The number of carbonyl (C=O) groups is 1. The lowest BCUT2D eigenvalue weighted by atomic mass is 9.92. The van der Waals surface area contributed by atoms with E-state index in [0.29, 0.717) is 23.4 Å². The molecule has 1 aliphatic rings. The Morgan fingerprint density at radius 2 is 2.20 bits per heavy atom. The van der Waals surface area contributed by atoms with E-state index in [1.54, 1.807) is 19.3 Å². The molecule has 1 aromatic rings. The van der Waals surface area contributed by atoms with Crippen LogP contribution in [0, 0.1) is 5.92 Å². The Bertz CT molecular complexity index is 526. The van der Waals surface area contributed by atoms with Gasteiger partial charge in [-0.05, 0) is 40.8 Å². The van der Waals surface area contributed by atoms with Crippen molar-refractivity contribution in [3.05, 3.63) is 27.1 Å². The number of amides is 1. The summed E-state index contributed by atoms with van der Waals surface area (Å²) in [5.74, 6) is -0.0952. The Kier molecular flexibility index (Phi) is 4.95. The Labute approximate surface area is 125 Å². The molecule has 3 N–H and O–H groups in total. The molecule has 0 radical (unpaired) electrons. The van der Waals surface area contributed by atoms with Crippen molar-refractivity contribution in [2.75, 3.05) is 18.5 Å². The molecule has 1 saturated heterocycles. The number of rotatable bonds is 3. The zero-order valence-electron chi connectivity index (χ0n) is 11.3. The Hall–Kier alpha value is -1.18. The SMILES string of the molecule is Cn1cc(NC(=O)C(N)C2CCOCC2)cc(Br)c1=O. The first-order chi connectivity index (χ1) is 9.49. The maximum Gasteiger partial charge on any atom is 0.264 e. The van der Waals surface area contributed by atoms with Gasteiger partial charge in [-0.15, -0.1) is 0 Å². The van der Waals surface area contributed by atoms with Gasteiger partial charge in [-0.2, -0.15) is 0 Å². The third kappa shape index (κ3) is 3.47. The molecule has 0 bridgehead atoms. The largest absolute Gasteiger partial charge is 0.381 e. The van der Waals surface area contributed by atoms with Gasteiger partial charge in [0.25, 0.3) is 5.56 Å². The fraction of sp³-hybridized carbons (Fsp3) is 0.538. The average Bonchev–Trinajstić information content (AvgIpc) is 2.44. The van der Waals surface area contributed by atoms with E-state index in [1.807, 2.05) is 0 Å². The highest BCUT2D eigenvalue weighted by molar-refractivity contribution is 9.10. The molecule has 0 saturated carbocycles. The smallest absolute Gasteiger partial charge is 0.264 e.